The van der Waals surface area contributed by atoms with E-state index in [0.29, 0.717) is 4.88 Å². The van der Waals surface area contributed by atoms with Gasteiger partial charge in [-0.25, -0.2) is 0 Å². The minimum absolute atomic E-state index is 0.0638. The van der Waals surface area contributed by atoms with E-state index in [2.05, 4.69) is 11.8 Å². The third-order valence-corrected chi connectivity index (χ3v) is 5.06. The van der Waals surface area contributed by atoms with Crippen LogP contribution in [0.1, 0.15) is 45.8 Å². The molecular weight excluding hydrogens is 286 g/mol. The summed E-state index contributed by atoms with van der Waals surface area (Å²) in [6, 6.07) is 1.74. The Labute approximate surface area is 129 Å². The lowest BCUT2D eigenvalue weighted by Crippen LogP contribution is -2.46. The van der Waals surface area contributed by atoms with Crippen LogP contribution in [0.3, 0.4) is 0 Å². The topological polar surface area (TPSA) is 60.8 Å². The summed E-state index contributed by atoms with van der Waals surface area (Å²) in [5, 5.41) is 18.8. The van der Waals surface area contributed by atoms with Gasteiger partial charge in [0.05, 0.1) is 21.9 Å². The monoisotopic (exact) mass is 307 g/mol. The van der Waals surface area contributed by atoms with Crippen LogP contribution in [0.5, 0.6) is 0 Å². The summed E-state index contributed by atoms with van der Waals surface area (Å²) in [5.41, 5.74) is 0.946. The first-order chi connectivity index (χ1) is 10.0. The van der Waals surface area contributed by atoms with E-state index in [9.17, 15) is 9.90 Å². The smallest absolute Gasteiger partial charge is 0.264 e. The van der Waals surface area contributed by atoms with Gasteiger partial charge in [-0.3, -0.25) is 4.79 Å². The highest BCUT2D eigenvalue weighted by Crippen LogP contribution is 2.27. The van der Waals surface area contributed by atoms with Gasteiger partial charge in [-0.2, -0.15) is 0 Å². The Balaban J connectivity index is 2.15. The summed E-state index contributed by atoms with van der Waals surface area (Å²) in [4.78, 5) is 15.7. The predicted octanol–water partition coefficient (Wildman–Crippen LogP) is 1.78. The summed E-state index contributed by atoms with van der Waals surface area (Å²) in [6.45, 7) is 1.72. The number of rotatable bonds is 2. The normalized spacial score (nSPS) is 21.5. The standard InChI is InChI=1S/C16H21NO3S/c1-11-10-15(21-14(11)8-5-9-18)16(20)17(2)12-6-3-4-7-13(12)19/h10,12-13,18-19H,3-4,6-7,9H2,1-2H3. The highest BCUT2D eigenvalue weighted by Gasteiger charge is 2.30. The van der Waals surface area contributed by atoms with Crippen molar-refractivity contribution in [3.05, 3.63) is 21.4 Å². The molecule has 1 aromatic heterocycles. The van der Waals surface area contributed by atoms with Gasteiger partial charge in [-0.15, -0.1) is 11.3 Å². The van der Waals surface area contributed by atoms with E-state index in [1.54, 1.807) is 11.9 Å². The summed E-state index contributed by atoms with van der Waals surface area (Å²) in [6.07, 6.45) is 3.26. The lowest BCUT2D eigenvalue weighted by molar-refractivity contribution is 0.0271. The van der Waals surface area contributed by atoms with E-state index in [4.69, 9.17) is 5.11 Å². The van der Waals surface area contributed by atoms with Crippen molar-refractivity contribution in [1.29, 1.82) is 0 Å². The Hall–Kier alpha value is -1.35. The molecule has 0 spiro atoms. The molecule has 2 N–H and O–H groups in total. The van der Waals surface area contributed by atoms with Crippen LogP contribution < -0.4 is 0 Å². The maximum atomic E-state index is 12.6. The fraction of sp³-hybridized carbons (Fsp3) is 0.562. The van der Waals surface area contributed by atoms with Crippen molar-refractivity contribution >= 4 is 17.2 Å². The highest BCUT2D eigenvalue weighted by atomic mass is 32.1. The number of likely N-dealkylation sites (N-methyl/N-ethyl adjacent to an activating group) is 1. The second-order valence-corrected chi connectivity index (χ2v) is 6.47. The first kappa shape index (κ1) is 16.0. The minimum atomic E-state index is -0.428. The van der Waals surface area contributed by atoms with E-state index in [1.807, 2.05) is 13.0 Å². The molecule has 21 heavy (non-hydrogen) atoms. The van der Waals surface area contributed by atoms with Crippen molar-refractivity contribution in [2.45, 2.75) is 44.8 Å². The van der Waals surface area contributed by atoms with Gasteiger partial charge in [0.15, 0.2) is 0 Å². The SMILES string of the molecule is Cc1cc(C(=O)N(C)C2CCCCC2O)sc1C#CCO. The molecule has 0 radical (unpaired) electrons. The summed E-state index contributed by atoms with van der Waals surface area (Å²) in [7, 11) is 1.76. The molecule has 0 saturated heterocycles. The molecule has 0 bridgehead atoms. The Morgan fingerprint density at radius 2 is 2.19 bits per heavy atom. The quantitative estimate of drug-likeness (QED) is 0.819. The average molecular weight is 307 g/mol. The molecule has 1 aliphatic rings. The van der Waals surface area contributed by atoms with Gasteiger partial charge in [0.25, 0.3) is 5.91 Å². The van der Waals surface area contributed by atoms with Gasteiger partial charge < -0.3 is 15.1 Å². The number of carbonyl (C=O) groups is 1. The predicted molar refractivity (Wildman–Crippen MR) is 83.4 cm³/mol. The van der Waals surface area contributed by atoms with E-state index in [0.717, 1.165) is 36.1 Å². The molecule has 0 aliphatic heterocycles. The molecule has 1 heterocycles. The van der Waals surface area contributed by atoms with Crippen LogP contribution in [0, 0.1) is 18.8 Å². The number of hydrogen-bond donors (Lipinski definition) is 2. The fourth-order valence-electron chi connectivity index (χ4n) is 2.70. The van der Waals surface area contributed by atoms with E-state index in [-0.39, 0.29) is 18.6 Å². The van der Waals surface area contributed by atoms with Crippen molar-refractivity contribution in [2.24, 2.45) is 0 Å². The van der Waals surface area contributed by atoms with E-state index >= 15 is 0 Å². The summed E-state index contributed by atoms with van der Waals surface area (Å²) < 4.78 is 0. The zero-order chi connectivity index (χ0) is 15.4. The van der Waals surface area contributed by atoms with Crippen LogP contribution in [0.15, 0.2) is 6.07 Å². The molecule has 1 amide bonds. The number of carbonyl (C=O) groups excluding carboxylic acids is 1. The van der Waals surface area contributed by atoms with Gasteiger partial charge in [-0.1, -0.05) is 24.7 Å². The van der Waals surface area contributed by atoms with Crippen LogP contribution in [-0.2, 0) is 0 Å². The van der Waals surface area contributed by atoms with Crippen LogP contribution in [0.2, 0.25) is 0 Å². The lowest BCUT2D eigenvalue weighted by atomic mass is 9.91. The third kappa shape index (κ3) is 3.65. The van der Waals surface area contributed by atoms with Gasteiger partial charge in [0, 0.05) is 7.05 Å². The molecule has 1 fully saturated rings. The van der Waals surface area contributed by atoms with E-state index in [1.165, 1.54) is 11.3 Å². The number of hydrogen-bond acceptors (Lipinski definition) is 4. The van der Waals surface area contributed by atoms with Crippen molar-refractivity contribution in [3.63, 3.8) is 0 Å². The molecule has 2 unspecified atom stereocenters. The number of amides is 1. The number of nitrogens with zero attached hydrogens (tertiary/aromatic N) is 1. The van der Waals surface area contributed by atoms with Crippen molar-refractivity contribution < 1.29 is 15.0 Å². The number of thiophene rings is 1. The molecule has 1 aromatic rings. The third-order valence-electron chi connectivity index (χ3n) is 3.92. The van der Waals surface area contributed by atoms with Crippen LogP contribution in [-0.4, -0.2) is 46.8 Å². The summed E-state index contributed by atoms with van der Waals surface area (Å²) in [5.74, 6) is 5.41. The van der Waals surface area contributed by atoms with Crippen molar-refractivity contribution in [1.82, 2.24) is 4.90 Å². The molecule has 4 nitrogen and oxygen atoms in total. The zero-order valence-corrected chi connectivity index (χ0v) is 13.2. The lowest BCUT2D eigenvalue weighted by Gasteiger charge is -2.34. The Morgan fingerprint density at radius 3 is 2.86 bits per heavy atom. The number of aliphatic hydroxyl groups excluding tert-OH is 2. The van der Waals surface area contributed by atoms with Crippen LogP contribution >= 0.6 is 11.3 Å². The Morgan fingerprint density at radius 1 is 1.48 bits per heavy atom. The molecule has 114 valence electrons. The van der Waals surface area contributed by atoms with Crippen LogP contribution in [0.4, 0.5) is 0 Å². The Bertz CT molecular complexity index is 570. The van der Waals surface area contributed by atoms with Crippen molar-refractivity contribution in [2.75, 3.05) is 13.7 Å². The maximum absolute atomic E-state index is 12.6. The number of aryl methyl sites for hydroxylation is 1. The fourth-order valence-corrected chi connectivity index (χ4v) is 3.73. The van der Waals surface area contributed by atoms with Gasteiger partial charge in [-0.05, 0) is 31.4 Å². The molecule has 5 heteroatoms. The highest BCUT2D eigenvalue weighted by molar-refractivity contribution is 7.14. The first-order valence-corrected chi connectivity index (χ1v) is 8.01. The van der Waals surface area contributed by atoms with Gasteiger partial charge in [0.1, 0.15) is 6.61 Å². The van der Waals surface area contributed by atoms with Crippen molar-refractivity contribution in [3.8, 4) is 11.8 Å². The first-order valence-electron chi connectivity index (χ1n) is 7.20. The molecule has 0 aromatic carbocycles. The molecule has 2 rings (SSSR count). The van der Waals surface area contributed by atoms with E-state index < -0.39 is 6.10 Å². The maximum Gasteiger partial charge on any atom is 0.264 e. The molecular formula is C16H21NO3S. The van der Waals surface area contributed by atoms with Gasteiger partial charge >= 0.3 is 0 Å². The Kier molecular flexibility index (Phi) is 5.40. The zero-order valence-electron chi connectivity index (χ0n) is 12.4. The summed E-state index contributed by atoms with van der Waals surface area (Å²) >= 11 is 1.34. The van der Waals surface area contributed by atoms with Crippen LogP contribution in [0.25, 0.3) is 0 Å². The second kappa shape index (κ2) is 7.08. The molecule has 1 aliphatic carbocycles. The largest absolute Gasteiger partial charge is 0.391 e. The van der Waals surface area contributed by atoms with Gasteiger partial charge in [0.2, 0.25) is 0 Å². The molecule has 2 atom stereocenters. The second-order valence-electron chi connectivity index (χ2n) is 5.42. The molecule has 1 saturated carbocycles. The average Bonchev–Trinajstić information content (AvgIpc) is 2.85. The minimum Gasteiger partial charge on any atom is -0.391 e. The number of aliphatic hydroxyl groups is 2.